The number of hydrogen-bond donors (Lipinski definition) is 3. The van der Waals surface area contributed by atoms with Crippen molar-refractivity contribution in [2.45, 2.75) is 58.1 Å². The van der Waals surface area contributed by atoms with Gasteiger partial charge in [-0.3, -0.25) is 4.79 Å². The number of cyclic esters (lactones) is 1. The molecule has 0 spiro atoms. The Morgan fingerprint density at radius 3 is 2.82 bits per heavy atom. The van der Waals surface area contributed by atoms with Crippen LogP contribution in [0.15, 0.2) is 36.4 Å². The highest BCUT2D eigenvalue weighted by Gasteiger charge is 2.16. The van der Waals surface area contributed by atoms with Crippen LogP contribution in [0.1, 0.15) is 43.7 Å². The number of hydrogen-bond acceptors (Lipinski definition) is 4. The van der Waals surface area contributed by atoms with Crippen molar-refractivity contribution >= 4 is 12.1 Å². The minimum atomic E-state index is -0.743. The zero-order valence-electron chi connectivity index (χ0n) is 16.5. The van der Waals surface area contributed by atoms with E-state index in [2.05, 4.69) is 17.2 Å². The number of ether oxygens (including phenoxy) is 1. The Morgan fingerprint density at radius 1 is 1.43 bits per heavy atom. The number of carbonyl (C=O) groups excluding carboxylic acids is 1. The normalized spacial score (nSPS) is 16.7. The second-order valence-electron chi connectivity index (χ2n) is 6.43. The van der Waals surface area contributed by atoms with Gasteiger partial charge in [-0.15, -0.1) is 11.8 Å². The van der Waals surface area contributed by atoms with Crippen LogP contribution in [-0.2, 0) is 16.0 Å². The number of carboxylic acid groups (broad SMARTS) is 1. The number of carboxylic acids is 1. The van der Waals surface area contributed by atoms with E-state index in [-0.39, 0.29) is 12.5 Å². The van der Waals surface area contributed by atoms with Crippen molar-refractivity contribution in [3.8, 4) is 11.8 Å². The predicted octanol–water partition coefficient (Wildman–Crippen LogP) is 3.22. The highest BCUT2D eigenvalue weighted by molar-refractivity contribution is 5.68. The molecule has 0 bridgehead atoms. The first-order valence-electron chi connectivity index (χ1n) is 9.38. The lowest BCUT2D eigenvalue weighted by Crippen LogP contribution is -2.40. The lowest BCUT2D eigenvalue weighted by Gasteiger charge is -2.20. The standard InChI is InChI=1S/C15H19NO3.C7H10O2/c1-11-4-2-3-5-12(11)10-14(17)7-6-13-8-9-19-15(18)16-13;1-2-3-4-5-6-7(8)9/h2-7,13-14,17H,8-10H2,1H3,(H,16,18);4-6H2,1H3,(H,8,9)/b7-6+;. The van der Waals surface area contributed by atoms with Crippen LogP contribution in [0.3, 0.4) is 0 Å². The van der Waals surface area contributed by atoms with Crippen molar-refractivity contribution < 1.29 is 24.5 Å². The molecule has 2 unspecified atom stereocenters. The van der Waals surface area contributed by atoms with E-state index in [1.54, 1.807) is 13.0 Å². The van der Waals surface area contributed by atoms with E-state index in [1.807, 2.05) is 37.3 Å². The molecule has 0 aliphatic carbocycles. The number of amides is 1. The molecule has 1 amide bonds. The van der Waals surface area contributed by atoms with Gasteiger partial charge in [0.2, 0.25) is 0 Å². The summed E-state index contributed by atoms with van der Waals surface area (Å²) in [5, 5.41) is 20.8. The van der Waals surface area contributed by atoms with Gasteiger partial charge in [0, 0.05) is 25.7 Å². The van der Waals surface area contributed by atoms with Crippen molar-refractivity contribution in [2.24, 2.45) is 0 Å². The van der Waals surface area contributed by atoms with Crippen LogP contribution < -0.4 is 5.32 Å². The fraction of sp³-hybridized carbons (Fsp3) is 0.455. The van der Waals surface area contributed by atoms with Crippen LogP contribution in [0.4, 0.5) is 4.79 Å². The predicted molar refractivity (Wildman–Crippen MR) is 108 cm³/mol. The molecule has 28 heavy (non-hydrogen) atoms. The third kappa shape index (κ3) is 10.4. The number of benzene rings is 1. The van der Waals surface area contributed by atoms with E-state index in [4.69, 9.17) is 9.84 Å². The lowest BCUT2D eigenvalue weighted by atomic mass is 10.0. The van der Waals surface area contributed by atoms with E-state index in [9.17, 15) is 14.7 Å². The second kappa shape index (κ2) is 13.4. The Hall–Kier alpha value is -2.78. The molecule has 0 saturated carbocycles. The molecule has 152 valence electrons. The van der Waals surface area contributed by atoms with Crippen molar-refractivity contribution in [1.29, 1.82) is 0 Å². The van der Waals surface area contributed by atoms with Crippen LogP contribution in [-0.4, -0.2) is 41.0 Å². The Kier molecular flexibility index (Phi) is 11.1. The van der Waals surface area contributed by atoms with Crippen LogP contribution >= 0.6 is 0 Å². The monoisotopic (exact) mass is 387 g/mol. The Labute approximate surface area is 166 Å². The van der Waals surface area contributed by atoms with Crippen LogP contribution in [0.25, 0.3) is 0 Å². The van der Waals surface area contributed by atoms with Crippen molar-refractivity contribution in [2.75, 3.05) is 6.61 Å². The van der Waals surface area contributed by atoms with Crippen molar-refractivity contribution in [1.82, 2.24) is 5.32 Å². The number of unbranched alkanes of at least 4 members (excludes halogenated alkanes) is 1. The average Bonchev–Trinajstić information content (AvgIpc) is 2.66. The molecule has 1 aliphatic rings. The maximum Gasteiger partial charge on any atom is 0.407 e. The number of alkyl carbamates (subject to hydrolysis) is 1. The molecule has 1 fully saturated rings. The molecule has 0 radical (unpaired) electrons. The van der Waals surface area contributed by atoms with E-state index in [0.717, 1.165) is 12.0 Å². The number of aliphatic hydroxyl groups excluding tert-OH is 1. The first kappa shape index (κ1) is 23.3. The SMILES string of the molecule is CC#CCCCC(=O)O.Cc1ccccc1CC(O)/C=C/C1CCOC(=O)N1. The molecular formula is C22H29NO5. The molecular weight excluding hydrogens is 358 g/mol. The molecule has 3 N–H and O–H groups in total. The molecule has 6 heteroatoms. The Bertz CT molecular complexity index is 717. The van der Waals surface area contributed by atoms with Crippen LogP contribution in [0.5, 0.6) is 0 Å². The summed E-state index contributed by atoms with van der Waals surface area (Å²) < 4.78 is 4.78. The first-order valence-corrected chi connectivity index (χ1v) is 9.38. The largest absolute Gasteiger partial charge is 0.481 e. The van der Waals surface area contributed by atoms with E-state index < -0.39 is 18.2 Å². The third-order valence-electron chi connectivity index (χ3n) is 4.09. The topological polar surface area (TPSA) is 95.9 Å². The van der Waals surface area contributed by atoms with Gasteiger partial charge in [0.05, 0.1) is 18.8 Å². The number of nitrogens with one attached hydrogen (secondary N) is 1. The number of rotatable bonds is 7. The van der Waals surface area contributed by atoms with Gasteiger partial charge in [0.25, 0.3) is 0 Å². The van der Waals surface area contributed by atoms with E-state index >= 15 is 0 Å². The minimum absolute atomic E-state index is 0.0484. The fourth-order valence-electron chi connectivity index (χ4n) is 2.54. The summed E-state index contributed by atoms with van der Waals surface area (Å²) in [6.07, 6.45) is 5.55. The molecule has 0 aromatic heterocycles. The van der Waals surface area contributed by atoms with Gasteiger partial charge in [0.15, 0.2) is 0 Å². The molecule has 1 aliphatic heterocycles. The molecule has 2 rings (SSSR count). The van der Waals surface area contributed by atoms with Gasteiger partial charge in [-0.25, -0.2) is 4.79 Å². The minimum Gasteiger partial charge on any atom is -0.481 e. The smallest absolute Gasteiger partial charge is 0.407 e. The van der Waals surface area contributed by atoms with Gasteiger partial charge >= 0.3 is 12.1 Å². The molecule has 6 nitrogen and oxygen atoms in total. The number of carbonyl (C=O) groups is 2. The summed E-state index contributed by atoms with van der Waals surface area (Å²) in [5.41, 5.74) is 2.31. The van der Waals surface area contributed by atoms with Crippen LogP contribution in [0, 0.1) is 18.8 Å². The molecule has 1 heterocycles. The summed E-state index contributed by atoms with van der Waals surface area (Å²) in [4.78, 5) is 20.9. The van der Waals surface area contributed by atoms with Gasteiger partial charge in [-0.1, -0.05) is 36.4 Å². The summed E-state index contributed by atoms with van der Waals surface area (Å²) in [6.45, 7) is 4.21. The summed E-state index contributed by atoms with van der Waals surface area (Å²) >= 11 is 0. The summed E-state index contributed by atoms with van der Waals surface area (Å²) in [7, 11) is 0. The van der Waals surface area contributed by atoms with E-state index in [1.165, 1.54) is 5.56 Å². The van der Waals surface area contributed by atoms with Gasteiger partial charge in [-0.2, -0.15) is 0 Å². The fourth-order valence-corrected chi connectivity index (χ4v) is 2.54. The average molecular weight is 387 g/mol. The Morgan fingerprint density at radius 2 is 2.18 bits per heavy atom. The first-order chi connectivity index (χ1) is 13.4. The third-order valence-corrected chi connectivity index (χ3v) is 4.09. The van der Waals surface area contributed by atoms with Gasteiger partial charge < -0.3 is 20.3 Å². The van der Waals surface area contributed by atoms with Crippen LogP contribution in [0.2, 0.25) is 0 Å². The zero-order chi connectivity index (χ0) is 20.8. The zero-order valence-corrected chi connectivity index (χ0v) is 16.5. The molecule has 2 atom stereocenters. The maximum atomic E-state index is 11.0. The molecule has 1 saturated heterocycles. The van der Waals surface area contributed by atoms with E-state index in [0.29, 0.717) is 25.9 Å². The number of aryl methyl sites for hydroxylation is 1. The maximum absolute atomic E-state index is 11.0. The highest BCUT2D eigenvalue weighted by Crippen LogP contribution is 2.11. The lowest BCUT2D eigenvalue weighted by molar-refractivity contribution is -0.137. The van der Waals surface area contributed by atoms with Gasteiger partial charge in [0.1, 0.15) is 0 Å². The van der Waals surface area contributed by atoms with Crippen molar-refractivity contribution in [3.05, 3.63) is 47.5 Å². The van der Waals surface area contributed by atoms with Gasteiger partial charge in [-0.05, 0) is 31.4 Å². The summed E-state index contributed by atoms with van der Waals surface area (Å²) in [5.74, 6) is 4.75. The number of aliphatic carboxylic acids is 1. The quantitative estimate of drug-likeness (QED) is 0.379. The van der Waals surface area contributed by atoms with Crippen molar-refractivity contribution in [3.63, 3.8) is 0 Å². The molecule has 1 aromatic carbocycles. The summed E-state index contributed by atoms with van der Waals surface area (Å²) in [6, 6.07) is 7.95. The highest BCUT2D eigenvalue weighted by atomic mass is 16.5. The Balaban J connectivity index is 0.000000370. The number of aliphatic hydroxyl groups is 1. The second-order valence-corrected chi connectivity index (χ2v) is 6.43. The molecule has 1 aromatic rings.